The van der Waals surface area contributed by atoms with Crippen LogP contribution in [0.5, 0.6) is 0 Å². The third-order valence-electron chi connectivity index (χ3n) is 3.14. The molecule has 2 heterocycles. The Morgan fingerprint density at radius 2 is 1.93 bits per heavy atom. The van der Waals surface area contributed by atoms with Crippen LogP contribution in [0.1, 0.15) is 19.8 Å². The van der Waals surface area contributed by atoms with E-state index in [0.717, 1.165) is 6.42 Å². The van der Waals surface area contributed by atoms with Crippen molar-refractivity contribution in [3.8, 4) is 0 Å². The van der Waals surface area contributed by atoms with Crippen molar-refractivity contribution in [1.29, 1.82) is 0 Å². The molecule has 86 valence electrons. The van der Waals surface area contributed by atoms with Crippen molar-refractivity contribution in [3.63, 3.8) is 0 Å². The second-order valence-corrected chi connectivity index (χ2v) is 4.78. The van der Waals surface area contributed by atoms with Crippen LogP contribution in [0.15, 0.2) is 0 Å². The van der Waals surface area contributed by atoms with Gasteiger partial charge in [0.2, 0.25) is 5.91 Å². The molecular weight excluding hydrogens is 196 g/mol. The summed E-state index contributed by atoms with van der Waals surface area (Å²) < 4.78 is 10.4. The Kier molecular flexibility index (Phi) is 2.70. The molecule has 0 radical (unpaired) electrons. The Morgan fingerprint density at radius 3 is 2.47 bits per heavy atom. The minimum Gasteiger partial charge on any atom is -0.379 e. The molecule has 15 heavy (non-hydrogen) atoms. The van der Waals surface area contributed by atoms with Crippen molar-refractivity contribution in [1.82, 2.24) is 5.32 Å². The summed E-state index contributed by atoms with van der Waals surface area (Å²) in [4.78, 5) is 12.0. The second kappa shape index (κ2) is 3.73. The number of nitrogens with two attached hydrogens (primary N) is 1. The van der Waals surface area contributed by atoms with Crippen molar-refractivity contribution < 1.29 is 14.3 Å². The Balaban J connectivity index is 1.96. The van der Waals surface area contributed by atoms with E-state index in [2.05, 4.69) is 5.32 Å². The smallest absolute Gasteiger partial charge is 0.243 e. The Hall–Kier alpha value is -0.650. The van der Waals surface area contributed by atoms with E-state index < -0.39 is 5.54 Å². The van der Waals surface area contributed by atoms with Gasteiger partial charge < -0.3 is 20.5 Å². The fourth-order valence-corrected chi connectivity index (χ4v) is 1.92. The second-order valence-electron chi connectivity index (χ2n) is 4.78. The van der Waals surface area contributed by atoms with Gasteiger partial charge in [0.1, 0.15) is 5.54 Å². The van der Waals surface area contributed by atoms with E-state index in [1.807, 2.05) is 6.92 Å². The van der Waals surface area contributed by atoms with Crippen LogP contribution in [0.25, 0.3) is 0 Å². The average Bonchev–Trinajstić information content (AvgIpc) is 2.76. The zero-order chi connectivity index (χ0) is 10.9. The predicted molar refractivity (Wildman–Crippen MR) is 54.3 cm³/mol. The molecule has 0 bridgehead atoms. The van der Waals surface area contributed by atoms with Crippen molar-refractivity contribution in [2.24, 2.45) is 5.73 Å². The topological polar surface area (TPSA) is 73.6 Å². The zero-order valence-corrected chi connectivity index (χ0v) is 9.04. The minimum atomic E-state index is -0.842. The van der Waals surface area contributed by atoms with Crippen LogP contribution in [-0.4, -0.2) is 43.4 Å². The first-order valence-electron chi connectivity index (χ1n) is 5.31. The fraction of sp³-hybridized carbons (Fsp3) is 0.900. The quantitative estimate of drug-likeness (QED) is 0.643. The van der Waals surface area contributed by atoms with E-state index in [4.69, 9.17) is 15.2 Å². The van der Waals surface area contributed by atoms with Gasteiger partial charge in [-0.25, -0.2) is 0 Å². The lowest BCUT2D eigenvalue weighted by Crippen LogP contribution is -2.60. The highest BCUT2D eigenvalue weighted by molar-refractivity contribution is 5.87. The third kappa shape index (κ3) is 2.14. The molecule has 0 saturated carbocycles. The molecule has 2 rings (SSSR count). The third-order valence-corrected chi connectivity index (χ3v) is 3.14. The van der Waals surface area contributed by atoms with Crippen LogP contribution in [-0.2, 0) is 14.3 Å². The molecule has 2 aliphatic rings. The molecule has 1 amide bonds. The van der Waals surface area contributed by atoms with Crippen LogP contribution in [0.4, 0.5) is 0 Å². The van der Waals surface area contributed by atoms with Gasteiger partial charge in [0.05, 0.1) is 18.8 Å². The first-order chi connectivity index (χ1) is 7.04. The molecule has 2 aliphatic heterocycles. The van der Waals surface area contributed by atoms with Crippen molar-refractivity contribution >= 4 is 5.91 Å². The van der Waals surface area contributed by atoms with E-state index >= 15 is 0 Å². The maximum absolute atomic E-state index is 12.0. The number of nitrogens with one attached hydrogen (secondary N) is 1. The van der Waals surface area contributed by atoms with Gasteiger partial charge in [0, 0.05) is 13.2 Å². The Labute approximate surface area is 89.3 Å². The number of rotatable bonds is 2. The summed E-state index contributed by atoms with van der Waals surface area (Å²) in [5.41, 5.74) is 4.86. The summed E-state index contributed by atoms with van der Waals surface area (Å²) >= 11 is 0. The molecular formula is C10H18N2O3. The molecule has 5 nitrogen and oxygen atoms in total. The number of hydrogen-bond donors (Lipinski definition) is 2. The lowest BCUT2D eigenvalue weighted by atomic mass is 9.95. The van der Waals surface area contributed by atoms with E-state index in [0.29, 0.717) is 32.8 Å². The van der Waals surface area contributed by atoms with Gasteiger partial charge in [-0.3, -0.25) is 4.79 Å². The van der Waals surface area contributed by atoms with Crippen LogP contribution in [0.3, 0.4) is 0 Å². The van der Waals surface area contributed by atoms with Gasteiger partial charge in [-0.1, -0.05) is 0 Å². The molecule has 0 spiro atoms. The average molecular weight is 214 g/mol. The number of hydrogen-bond acceptors (Lipinski definition) is 4. The molecule has 2 fully saturated rings. The summed E-state index contributed by atoms with van der Waals surface area (Å²) in [6.07, 6.45) is 1.44. The molecule has 0 aromatic heterocycles. The molecule has 0 aromatic rings. The highest BCUT2D eigenvalue weighted by Gasteiger charge is 2.42. The van der Waals surface area contributed by atoms with Crippen LogP contribution in [0, 0.1) is 0 Å². The molecule has 2 atom stereocenters. The Morgan fingerprint density at radius 1 is 1.27 bits per heavy atom. The van der Waals surface area contributed by atoms with Crippen LogP contribution < -0.4 is 11.1 Å². The SMILES string of the molecule is CC1(NC(=O)C2(N)CCOC2)CCOC1. The first-order valence-corrected chi connectivity index (χ1v) is 5.31. The minimum absolute atomic E-state index is 0.118. The largest absolute Gasteiger partial charge is 0.379 e. The maximum atomic E-state index is 12.0. The van der Waals surface area contributed by atoms with E-state index in [9.17, 15) is 4.79 Å². The molecule has 2 saturated heterocycles. The summed E-state index contributed by atoms with van der Waals surface area (Å²) in [5.74, 6) is -0.118. The van der Waals surface area contributed by atoms with Gasteiger partial charge >= 0.3 is 0 Å². The predicted octanol–water partition coefficient (Wildman–Crippen LogP) is -0.601. The van der Waals surface area contributed by atoms with Crippen molar-refractivity contribution in [2.75, 3.05) is 26.4 Å². The van der Waals surface area contributed by atoms with Gasteiger partial charge in [-0.05, 0) is 19.8 Å². The lowest BCUT2D eigenvalue weighted by molar-refractivity contribution is -0.128. The van der Waals surface area contributed by atoms with Gasteiger partial charge in [0.15, 0.2) is 0 Å². The lowest BCUT2D eigenvalue weighted by Gasteiger charge is -2.29. The van der Waals surface area contributed by atoms with Gasteiger partial charge in [-0.15, -0.1) is 0 Å². The number of carbonyl (C=O) groups excluding carboxylic acids is 1. The standard InChI is InChI=1S/C10H18N2O3/c1-9(2-4-14-6-9)12-8(13)10(11)3-5-15-7-10/h2-7,11H2,1H3,(H,12,13). The highest BCUT2D eigenvalue weighted by Crippen LogP contribution is 2.21. The molecule has 5 heteroatoms. The number of carbonyl (C=O) groups is 1. The highest BCUT2D eigenvalue weighted by atomic mass is 16.5. The van der Waals surface area contributed by atoms with E-state index in [1.165, 1.54) is 0 Å². The maximum Gasteiger partial charge on any atom is 0.243 e. The Bertz CT molecular complexity index is 255. The van der Waals surface area contributed by atoms with Crippen molar-refractivity contribution in [3.05, 3.63) is 0 Å². The van der Waals surface area contributed by atoms with Crippen molar-refractivity contribution in [2.45, 2.75) is 30.8 Å². The van der Waals surface area contributed by atoms with E-state index in [1.54, 1.807) is 0 Å². The summed E-state index contributed by atoms with van der Waals surface area (Å²) in [5, 5.41) is 2.97. The van der Waals surface area contributed by atoms with E-state index in [-0.39, 0.29) is 11.4 Å². The monoisotopic (exact) mass is 214 g/mol. The van der Waals surface area contributed by atoms with Crippen LogP contribution >= 0.6 is 0 Å². The normalized spacial score (nSPS) is 40.7. The van der Waals surface area contributed by atoms with Gasteiger partial charge in [-0.2, -0.15) is 0 Å². The summed E-state index contributed by atoms with van der Waals surface area (Å²) in [7, 11) is 0. The summed E-state index contributed by atoms with van der Waals surface area (Å²) in [6, 6.07) is 0. The summed E-state index contributed by atoms with van der Waals surface area (Å²) in [6.45, 7) is 4.13. The van der Waals surface area contributed by atoms with Crippen LogP contribution in [0.2, 0.25) is 0 Å². The zero-order valence-electron chi connectivity index (χ0n) is 9.04. The molecule has 3 N–H and O–H groups in total. The first kappa shape index (κ1) is 10.9. The molecule has 2 unspecified atom stereocenters. The molecule has 0 aliphatic carbocycles. The molecule has 0 aromatic carbocycles. The van der Waals surface area contributed by atoms with Gasteiger partial charge in [0.25, 0.3) is 0 Å². The number of ether oxygens (including phenoxy) is 2. The fourth-order valence-electron chi connectivity index (χ4n) is 1.92. The number of amides is 1.